The lowest BCUT2D eigenvalue weighted by atomic mass is 10.1. The summed E-state index contributed by atoms with van der Waals surface area (Å²) in [7, 11) is 0. The number of pyridine rings is 1. The fourth-order valence-electron chi connectivity index (χ4n) is 2.45. The van der Waals surface area contributed by atoms with Crippen LogP contribution in [-0.2, 0) is 13.0 Å². The molecular weight excluding hydrogens is 248 g/mol. The highest BCUT2D eigenvalue weighted by molar-refractivity contribution is 5.46. The van der Waals surface area contributed by atoms with Gasteiger partial charge in [0.1, 0.15) is 5.65 Å². The number of nitrogens with zero attached hydrogens (tertiary/aromatic N) is 2. The van der Waals surface area contributed by atoms with Gasteiger partial charge < -0.3 is 9.51 Å². The lowest BCUT2D eigenvalue weighted by molar-refractivity contribution is 0.274. The molecule has 3 aromatic rings. The molecule has 0 saturated heterocycles. The minimum absolute atomic E-state index is 0.00538. The van der Waals surface area contributed by atoms with E-state index in [9.17, 15) is 5.11 Å². The number of fused-ring (bicyclic) bond motifs is 1. The zero-order valence-electron chi connectivity index (χ0n) is 11.8. The Morgan fingerprint density at radius 1 is 1.05 bits per heavy atom. The predicted octanol–water partition coefficient (Wildman–Crippen LogP) is 3.03. The molecule has 2 heterocycles. The van der Waals surface area contributed by atoms with E-state index in [1.807, 2.05) is 29.7 Å². The summed E-state index contributed by atoms with van der Waals surface area (Å²) >= 11 is 0. The Morgan fingerprint density at radius 3 is 2.50 bits per heavy atom. The molecule has 0 radical (unpaired) electrons. The summed E-state index contributed by atoms with van der Waals surface area (Å²) in [6, 6.07) is 12.5. The number of hydrogen-bond acceptors (Lipinski definition) is 2. The molecule has 2 aromatic heterocycles. The summed E-state index contributed by atoms with van der Waals surface area (Å²) in [6.07, 6.45) is 2.72. The number of aliphatic hydroxyl groups is 1. The van der Waals surface area contributed by atoms with Crippen molar-refractivity contribution < 1.29 is 5.11 Å². The fraction of sp³-hybridized carbons (Fsp3) is 0.235. The van der Waals surface area contributed by atoms with E-state index in [-0.39, 0.29) is 6.61 Å². The van der Waals surface area contributed by atoms with Crippen LogP contribution in [0.25, 0.3) is 5.65 Å². The normalized spacial score (nSPS) is 11.2. The van der Waals surface area contributed by atoms with Crippen LogP contribution in [0, 0.1) is 13.8 Å². The number of aromatic nitrogens is 2. The minimum Gasteiger partial charge on any atom is -0.390 e. The first-order chi connectivity index (χ1) is 9.67. The summed E-state index contributed by atoms with van der Waals surface area (Å²) in [4.78, 5) is 4.67. The highest BCUT2D eigenvalue weighted by Gasteiger charge is 2.11. The molecule has 3 nitrogen and oxygen atoms in total. The number of imidazole rings is 1. The second kappa shape index (κ2) is 5.10. The second-order valence-electron chi connectivity index (χ2n) is 5.26. The minimum atomic E-state index is 0.00538. The van der Waals surface area contributed by atoms with Crippen LogP contribution in [0.15, 0.2) is 42.6 Å². The molecule has 0 fully saturated rings. The summed E-state index contributed by atoms with van der Waals surface area (Å²) in [6.45, 7) is 4.13. The molecule has 0 atom stereocenters. The third-order valence-corrected chi connectivity index (χ3v) is 3.61. The topological polar surface area (TPSA) is 37.5 Å². The number of hydrogen-bond donors (Lipinski definition) is 1. The van der Waals surface area contributed by atoms with E-state index in [0.29, 0.717) is 0 Å². The summed E-state index contributed by atoms with van der Waals surface area (Å²) in [5.74, 6) is 0. The monoisotopic (exact) mass is 266 g/mol. The van der Waals surface area contributed by atoms with E-state index in [1.165, 1.54) is 16.7 Å². The van der Waals surface area contributed by atoms with Crippen LogP contribution in [0.1, 0.15) is 28.1 Å². The van der Waals surface area contributed by atoms with Crippen molar-refractivity contribution in [2.24, 2.45) is 0 Å². The van der Waals surface area contributed by atoms with Crippen LogP contribution in [-0.4, -0.2) is 14.5 Å². The molecule has 0 aliphatic heterocycles. The zero-order chi connectivity index (χ0) is 14.1. The molecule has 0 bridgehead atoms. The van der Waals surface area contributed by atoms with Gasteiger partial charge in [0.25, 0.3) is 0 Å². The van der Waals surface area contributed by atoms with E-state index in [4.69, 9.17) is 0 Å². The molecule has 3 heteroatoms. The smallest absolute Gasteiger partial charge is 0.137 e. The largest absolute Gasteiger partial charge is 0.390 e. The van der Waals surface area contributed by atoms with Crippen molar-refractivity contribution in [3.63, 3.8) is 0 Å². The molecule has 0 aliphatic rings. The van der Waals surface area contributed by atoms with Gasteiger partial charge >= 0.3 is 0 Å². The van der Waals surface area contributed by atoms with Crippen molar-refractivity contribution in [2.75, 3.05) is 0 Å². The quantitative estimate of drug-likeness (QED) is 0.791. The van der Waals surface area contributed by atoms with Crippen molar-refractivity contribution in [3.8, 4) is 0 Å². The zero-order valence-corrected chi connectivity index (χ0v) is 11.8. The van der Waals surface area contributed by atoms with Gasteiger partial charge in [-0.25, -0.2) is 4.98 Å². The molecular formula is C17H18N2O. The third kappa shape index (κ3) is 2.32. The van der Waals surface area contributed by atoms with E-state index in [2.05, 4.69) is 36.2 Å². The Morgan fingerprint density at radius 2 is 1.80 bits per heavy atom. The predicted molar refractivity (Wildman–Crippen MR) is 79.8 cm³/mol. The van der Waals surface area contributed by atoms with Gasteiger partial charge in [-0.3, -0.25) is 0 Å². The van der Waals surface area contributed by atoms with Gasteiger partial charge in [-0.2, -0.15) is 0 Å². The molecule has 20 heavy (non-hydrogen) atoms. The van der Waals surface area contributed by atoms with Crippen LogP contribution in [0.5, 0.6) is 0 Å². The molecule has 0 unspecified atom stereocenters. The average Bonchev–Trinajstić information content (AvgIpc) is 2.77. The number of rotatable bonds is 3. The third-order valence-electron chi connectivity index (χ3n) is 3.61. The van der Waals surface area contributed by atoms with Gasteiger partial charge in [-0.15, -0.1) is 0 Å². The summed E-state index contributed by atoms with van der Waals surface area (Å²) in [5, 5.41) is 9.64. The van der Waals surface area contributed by atoms with Crippen molar-refractivity contribution in [1.29, 1.82) is 0 Å². The molecule has 0 aliphatic carbocycles. The molecule has 102 valence electrons. The SMILES string of the molecule is Cc1ccc(Cc2nc3cc(C)ccn3c2CO)cc1. The second-order valence-corrected chi connectivity index (χ2v) is 5.26. The maximum Gasteiger partial charge on any atom is 0.137 e. The van der Waals surface area contributed by atoms with Gasteiger partial charge in [0.05, 0.1) is 18.0 Å². The van der Waals surface area contributed by atoms with Crippen molar-refractivity contribution in [3.05, 3.63) is 70.7 Å². The fourth-order valence-corrected chi connectivity index (χ4v) is 2.45. The van der Waals surface area contributed by atoms with Crippen LogP contribution in [0.2, 0.25) is 0 Å². The van der Waals surface area contributed by atoms with Crippen LogP contribution in [0.4, 0.5) is 0 Å². The molecule has 3 rings (SSSR count). The first kappa shape index (κ1) is 12.9. The summed E-state index contributed by atoms with van der Waals surface area (Å²) < 4.78 is 1.97. The Hall–Kier alpha value is -2.13. The van der Waals surface area contributed by atoms with Gasteiger partial charge in [0, 0.05) is 12.6 Å². The first-order valence-electron chi connectivity index (χ1n) is 6.80. The summed E-state index contributed by atoms with van der Waals surface area (Å²) in [5.41, 5.74) is 6.36. The standard InChI is InChI=1S/C17H18N2O/c1-12-3-5-14(6-4-12)10-15-16(11-20)19-8-7-13(2)9-17(19)18-15/h3-9,20H,10-11H2,1-2H3. The van der Waals surface area contributed by atoms with Gasteiger partial charge in [-0.1, -0.05) is 29.8 Å². The van der Waals surface area contributed by atoms with E-state index in [0.717, 1.165) is 23.5 Å². The Labute approximate surface area is 118 Å². The number of aryl methyl sites for hydroxylation is 2. The van der Waals surface area contributed by atoms with Gasteiger partial charge in [-0.05, 0) is 37.1 Å². The van der Waals surface area contributed by atoms with E-state index in [1.54, 1.807) is 0 Å². The van der Waals surface area contributed by atoms with Crippen molar-refractivity contribution in [2.45, 2.75) is 26.9 Å². The number of aliphatic hydroxyl groups excluding tert-OH is 1. The average molecular weight is 266 g/mol. The molecule has 0 saturated carbocycles. The highest BCUT2D eigenvalue weighted by atomic mass is 16.3. The number of benzene rings is 1. The molecule has 1 N–H and O–H groups in total. The van der Waals surface area contributed by atoms with Crippen molar-refractivity contribution in [1.82, 2.24) is 9.38 Å². The van der Waals surface area contributed by atoms with Crippen molar-refractivity contribution >= 4 is 5.65 Å². The maximum atomic E-state index is 9.64. The Balaban J connectivity index is 2.04. The highest BCUT2D eigenvalue weighted by Crippen LogP contribution is 2.18. The van der Waals surface area contributed by atoms with E-state index < -0.39 is 0 Å². The lowest BCUT2D eigenvalue weighted by Crippen LogP contribution is -1.97. The van der Waals surface area contributed by atoms with Crippen LogP contribution in [0.3, 0.4) is 0 Å². The first-order valence-corrected chi connectivity index (χ1v) is 6.80. The Kier molecular flexibility index (Phi) is 3.28. The van der Waals surface area contributed by atoms with Crippen LogP contribution < -0.4 is 0 Å². The van der Waals surface area contributed by atoms with E-state index >= 15 is 0 Å². The van der Waals surface area contributed by atoms with Crippen LogP contribution >= 0.6 is 0 Å². The molecule has 1 aromatic carbocycles. The Bertz CT molecular complexity index is 742. The van der Waals surface area contributed by atoms with Gasteiger partial charge in [0.2, 0.25) is 0 Å². The molecule has 0 amide bonds. The lowest BCUT2D eigenvalue weighted by Gasteiger charge is -2.03. The van der Waals surface area contributed by atoms with Gasteiger partial charge in [0.15, 0.2) is 0 Å². The molecule has 0 spiro atoms. The maximum absolute atomic E-state index is 9.64.